The van der Waals surface area contributed by atoms with Crippen LogP contribution in [-0.2, 0) is 4.79 Å². The van der Waals surface area contributed by atoms with Crippen molar-refractivity contribution in [1.29, 1.82) is 0 Å². The van der Waals surface area contributed by atoms with E-state index in [2.05, 4.69) is 32.3 Å². The molecule has 0 aliphatic carbocycles. The van der Waals surface area contributed by atoms with E-state index in [9.17, 15) is 9.59 Å². The molecular weight excluding hydrogens is 304 g/mol. The first-order chi connectivity index (χ1) is 5.95. The second kappa shape index (κ2) is 3.57. The predicted octanol–water partition coefficient (Wildman–Crippen LogP) is 2.43. The standard InChI is InChI=1S/C7H10Br2N2O2/c1-3-4-7(2)5(12)10(8)6(13)11(7)9/h3-4H2,1-2H3. The van der Waals surface area contributed by atoms with E-state index in [1.807, 2.05) is 6.92 Å². The van der Waals surface area contributed by atoms with Crippen LogP contribution in [-0.4, -0.2) is 25.3 Å². The summed E-state index contributed by atoms with van der Waals surface area (Å²) in [4.78, 5) is 23.0. The van der Waals surface area contributed by atoms with Crippen molar-refractivity contribution in [2.75, 3.05) is 0 Å². The molecule has 0 radical (unpaired) electrons. The number of nitrogens with zero attached hydrogens (tertiary/aromatic N) is 2. The minimum atomic E-state index is -0.755. The Hall–Kier alpha value is -0.100. The summed E-state index contributed by atoms with van der Waals surface area (Å²) >= 11 is 6.02. The van der Waals surface area contributed by atoms with Gasteiger partial charge < -0.3 is 0 Å². The first kappa shape index (κ1) is 11.0. The van der Waals surface area contributed by atoms with Crippen LogP contribution in [0.1, 0.15) is 26.7 Å². The van der Waals surface area contributed by atoms with Crippen LogP contribution in [0.3, 0.4) is 0 Å². The summed E-state index contributed by atoms with van der Waals surface area (Å²) in [7, 11) is 0. The van der Waals surface area contributed by atoms with Crippen LogP contribution in [0.2, 0.25) is 0 Å². The quantitative estimate of drug-likeness (QED) is 0.580. The maximum Gasteiger partial charge on any atom is 0.348 e. The normalized spacial score (nSPS) is 28.9. The van der Waals surface area contributed by atoms with Crippen molar-refractivity contribution in [1.82, 2.24) is 7.85 Å². The Labute approximate surface area is 93.9 Å². The summed E-state index contributed by atoms with van der Waals surface area (Å²) in [5.41, 5.74) is -0.755. The van der Waals surface area contributed by atoms with Crippen molar-refractivity contribution >= 4 is 44.2 Å². The molecule has 0 spiro atoms. The molecule has 0 bridgehead atoms. The van der Waals surface area contributed by atoms with Gasteiger partial charge in [0.15, 0.2) is 0 Å². The predicted molar refractivity (Wildman–Crippen MR) is 55.2 cm³/mol. The Balaban J connectivity index is 2.98. The minimum absolute atomic E-state index is 0.226. The molecule has 1 aliphatic heterocycles. The largest absolute Gasteiger partial charge is 0.348 e. The lowest BCUT2D eigenvalue weighted by molar-refractivity contribution is -0.128. The van der Waals surface area contributed by atoms with Gasteiger partial charge in [0.05, 0.1) is 32.3 Å². The molecule has 1 atom stereocenters. The SMILES string of the molecule is CCCC1(C)C(=O)N(Br)C(=O)N1Br. The molecule has 74 valence electrons. The first-order valence-electron chi connectivity index (χ1n) is 3.95. The Morgan fingerprint density at radius 3 is 2.23 bits per heavy atom. The minimum Gasteiger partial charge on any atom is -0.271 e. The molecule has 0 aromatic rings. The maximum absolute atomic E-state index is 11.6. The third-order valence-electron chi connectivity index (χ3n) is 2.15. The van der Waals surface area contributed by atoms with Crippen LogP contribution in [0, 0.1) is 0 Å². The zero-order valence-electron chi connectivity index (χ0n) is 7.38. The van der Waals surface area contributed by atoms with Gasteiger partial charge in [-0.3, -0.25) is 4.79 Å². The Morgan fingerprint density at radius 2 is 1.92 bits per heavy atom. The van der Waals surface area contributed by atoms with Crippen LogP contribution >= 0.6 is 32.3 Å². The highest BCUT2D eigenvalue weighted by Gasteiger charge is 2.52. The van der Waals surface area contributed by atoms with Crippen LogP contribution in [0.4, 0.5) is 4.79 Å². The van der Waals surface area contributed by atoms with Gasteiger partial charge in [-0.25, -0.2) is 8.72 Å². The molecule has 1 unspecified atom stereocenters. The highest BCUT2D eigenvalue weighted by atomic mass is 79.9. The second-order valence-corrected chi connectivity index (χ2v) is 4.59. The van der Waals surface area contributed by atoms with Crippen molar-refractivity contribution in [2.24, 2.45) is 0 Å². The number of rotatable bonds is 2. The number of hydrogen-bond donors (Lipinski definition) is 0. The Morgan fingerprint density at radius 1 is 1.38 bits per heavy atom. The lowest BCUT2D eigenvalue weighted by Gasteiger charge is -2.25. The average molecular weight is 314 g/mol. The Bertz CT molecular complexity index is 259. The van der Waals surface area contributed by atoms with E-state index < -0.39 is 5.54 Å². The third-order valence-corrected chi connectivity index (χ3v) is 3.86. The fourth-order valence-corrected chi connectivity index (χ4v) is 2.60. The number of urea groups is 1. The smallest absolute Gasteiger partial charge is 0.271 e. The van der Waals surface area contributed by atoms with Crippen molar-refractivity contribution in [3.8, 4) is 0 Å². The molecule has 1 heterocycles. The lowest BCUT2D eigenvalue weighted by atomic mass is 9.97. The number of amides is 3. The zero-order chi connectivity index (χ0) is 10.2. The zero-order valence-corrected chi connectivity index (χ0v) is 10.6. The molecule has 0 aromatic heterocycles. The van der Waals surface area contributed by atoms with Crippen molar-refractivity contribution in [3.63, 3.8) is 0 Å². The molecule has 0 aromatic carbocycles. The molecule has 0 N–H and O–H groups in total. The van der Waals surface area contributed by atoms with Gasteiger partial charge in [0.25, 0.3) is 5.91 Å². The molecule has 1 fully saturated rings. The fraction of sp³-hybridized carbons (Fsp3) is 0.714. The van der Waals surface area contributed by atoms with Gasteiger partial charge in [-0.1, -0.05) is 13.3 Å². The number of hydrogen-bond acceptors (Lipinski definition) is 2. The average Bonchev–Trinajstić information content (AvgIpc) is 2.23. The number of carbonyl (C=O) groups excluding carboxylic acids is 2. The summed E-state index contributed by atoms with van der Waals surface area (Å²) < 4.78 is 2.25. The highest BCUT2D eigenvalue weighted by Crippen LogP contribution is 2.36. The summed E-state index contributed by atoms with van der Waals surface area (Å²) in [6, 6.07) is -0.374. The molecule has 1 aliphatic rings. The lowest BCUT2D eigenvalue weighted by Crippen LogP contribution is -2.41. The fourth-order valence-electron chi connectivity index (χ4n) is 1.36. The number of carbonyl (C=O) groups is 2. The number of imide groups is 1. The molecule has 0 saturated carbocycles. The maximum atomic E-state index is 11.6. The first-order valence-corrected chi connectivity index (χ1v) is 5.37. The topological polar surface area (TPSA) is 40.6 Å². The van der Waals surface area contributed by atoms with Crippen LogP contribution in [0.5, 0.6) is 0 Å². The highest BCUT2D eigenvalue weighted by molar-refractivity contribution is 9.08. The summed E-state index contributed by atoms with van der Waals surface area (Å²) in [6.07, 6.45) is 1.49. The van der Waals surface area contributed by atoms with Crippen LogP contribution in [0.15, 0.2) is 0 Å². The monoisotopic (exact) mass is 312 g/mol. The molecule has 1 saturated heterocycles. The van der Waals surface area contributed by atoms with Crippen molar-refractivity contribution in [2.45, 2.75) is 32.2 Å². The molecule has 6 heteroatoms. The molecule has 4 nitrogen and oxygen atoms in total. The van der Waals surface area contributed by atoms with Gasteiger partial charge in [-0.2, -0.15) is 3.93 Å². The molecular formula is C7H10Br2N2O2. The van der Waals surface area contributed by atoms with Gasteiger partial charge in [-0.15, -0.1) is 0 Å². The van der Waals surface area contributed by atoms with Crippen molar-refractivity contribution < 1.29 is 9.59 Å². The third kappa shape index (κ3) is 1.50. The molecule has 1 rings (SSSR count). The van der Waals surface area contributed by atoms with Crippen LogP contribution in [0.25, 0.3) is 0 Å². The van der Waals surface area contributed by atoms with Gasteiger partial charge in [0.2, 0.25) is 0 Å². The van der Waals surface area contributed by atoms with E-state index in [-0.39, 0.29) is 11.9 Å². The van der Waals surface area contributed by atoms with Crippen LogP contribution < -0.4 is 0 Å². The van der Waals surface area contributed by atoms with E-state index in [4.69, 9.17) is 0 Å². The van der Waals surface area contributed by atoms with E-state index >= 15 is 0 Å². The van der Waals surface area contributed by atoms with E-state index in [0.717, 1.165) is 10.3 Å². The summed E-state index contributed by atoms with van der Waals surface area (Å²) in [6.45, 7) is 3.72. The summed E-state index contributed by atoms with van der Waals surface area (Å²) in [5, 5.41) is 0. The summed E-state index contributed by atoms with van der Waals surface area (Å²) in [5.74, 6) is -0.226. The van der Waals surface area contributed by atoms with Gasteiger partial charge in [-0.05, 0) is 13.3 Å². The Kier molecular flexibility index (Phi) is 3.01. The van der Waals surface area contributed by atoms with E-state index in [1.54, 1.807) is 6.92 Å². The molecule has 13 heavy (non-hydrogen) atoms. The van der Waals surface area contributed by atoms with E-state index in [1.165, 1.54) is 3.93 Å². The van der Waals surface area contributed by atoms with Crippen molar-refractivity contribution in [3.05, 3.63) is 0 Å². The molecule has 3 amide bonds. The second-order valence-electron chi connectivity index (χ2n) is 3.17. The van der Waals surface area contributed by atoms with E-state index in [0.29, 0.717) is 6.42 Å². The number of halogens is 2. The van der Waals surface area contributed by atoms with Gasteiger partial charge >= 0.3 is 6.03 Å². The van der Waals surface area contributed by atoms with Gasteiger partial charge in [0.1, 0.15) is 5.54 Å². The van der Waals surface area contributed by atoms with Gasteiger partial charge in [0, 0.05) is 0 Å².